The molecule has 0 N–H and O–H groups in total. The van der Waals surface area contributed by atoms with Crippen LogP contribution in [0.3, 0.4) is 0 Å². The number of alkyl halides is 6. The second-order valence-electron chi connectivity index (χ2n) is 4.83. The van der Waals surface area contributed by atoms with Crippen LogP contribution in [0, 0.1) is 0 Å². The third-order valence-electron chi connectivity index (χ3n) is 3.33. The van der Waals surface area contributed by atoms with Gasteiger partial charge in [0.1, 0.15) is 0 Å². The van der Waals surface area contributed by atoms with Gasteiger partial charge in [0.2, 0.25) is 0 Å². The van der Waals surface area contributed by atoms with Crippen molar-refractivity contribution in [2.75, 3.05) is 0 Å². The summed E-state index contributed by atoms with van der Waals surface area (Å²) in [6, 6.07) is 0. The van der Waals surface area contributed by atoms with Crippen LogP contribution in [0.15, 0.2) is 0 Å². The van der Waals surface area contributed by atoms with Gasteiger partial charge >= 0.3 is 0 Å². The zero-order chi connectivity index (χ0) is 13.7. The summed E-state index contributed by atoms with van der Waals surface area (Å²) in [6.07, 6.45) is 7.24. The normalized spacial score (nSPS) is 45.0. The molecule has 1 fully saturated rings. The molecule has 18 heavy (non-hydrogen) atoms. The molecular weight excluding hydrogens is 624 g/mol. The molecule has 108 valence electrons. The fourth-order valence-electron chi connectivity index (χ4n) is 2.04. The molecule has 0 radical (unpaired) electrons. The van der Waals surface area contributed by atoms with Gasteiger partial charge in [0.25, 0.3) is 0 Å². The minimum atomic E-state index is 0.560. The summed E-state index contributed by atoms with van der Waals surface area (Å²) >= 11 is 22.9. The summed E-state index contributed by atoms with van der Waals surface area (Å²) < 4.78 is 0. The molecule has 0 nitrogen and oxygen atoms in total. The van der Waals surface area contributed by atoms with Crippen molar-refractivity contribution in [3.8, 4) is 0 Å². The SMILES string of the molecule is Br[C@@H]1CC[C@H](Br)[C@H](Br)CC[C@H](Br)[C@@H](Br)CC[C@H]1Br. The average Bonchev–Trinajstić information content (AvgIpc) is 2.36. The Morgan fingerprint density at radius 3 is 0.556 bits per heavy atom. The lowest BCUT2D eigenvalue weighted by Gasteiger charge is -2.25. The minimum absolute atomic E-state index is 0.560. The van der Waals surface area contributed by atoms with Gasteiger partial charge in [-0.2, -0.15) is 0 Å². The third-order valence-corrected chi connectivity index (χ3v) is 12.0. The molecule has 0 aliphatic heterocycles. The highest BCUT2D eigenvalue weighted by Gasteiger charge is 2.25. The van der Waals surface area contributed by atoms with Crippen LogP contribution in [0.1, 0.15) is 38.5 Å². The lowest BCUT2D eigenvalue weighted by atomic mass is 10.0. The van der Waals surface area contributed by atoms with Crippen molar-refractivity contribution in [3.63, 3.8) is 0 Å². The van der Waals surface area contributed by atoms with E-state index in [9.17, 15) is 0 Å². The van der Waals surface area contributed by atoms with Crippen molar-refractivity contribution >= 4 is 95.6 Å². The second-order valence-corrected chi connectivity index (χ2v) is 11.9. The van der Waals surface area contributed by atoms with E-state index in [2.05, 4.69) is 95.6 Å². The molecule has 0 saturated heterocycles. The standard InChI is InChI=1S/C12H18Br6/c13-7-1-2-8(14)10(16)5-6-12(18)11(17)4-3-9(7)15/h7-12H,1-6H2/t7-,8+,9-,10-,11+,12+. The summed E-state index contributed by atoms with van der Waals surface area (Å²) in [5.41, 5.74) is 0. The number of hydrogen-bond donors (Lipinski definition) is 0. The maximum absolute atomic E-state index is 3.82. The van der Waals surface area contributed by atoms with Crippen LogP contribution in [0.5, 0.6) is 0 Å². The van der Waals surface area contributed by atoms with E-state index in [-0.39, 0.29) is 0 Å². The minimum Gasteiger partial charge on any atom is -0.0879 e. The zero-order valence-corrected chi connectivity index (χ0v) is 19.5. The molecule has 0 aromatic carbocycles. The van der Waals surface area contributed by atoms with Crippen LogP contribution < -0.4 is 0 Å². The topological polar surface area (TPSA) is 0 Å². The lowest BCUT2D eigenvalue weighted by Crippen LogP contribution is -2.25. The van der Waals surface area contributed by atoms with Crippen molar-refractivity contribution in [2.24, 2.45) is 0 Å². The highest BCUT2D eigenvalue weighted by molar-refractivity contribution is 9.13. The van der Waals surface area contributed by atoms with Crippen molar-refractivity contribution in [1.82, 2.24) is 0 Å². The van der Waals surface area contributed by atoms with E-state index >= 15 is 0 Å². The van der Waals surface area contributed by atoms with E-state index in [0.29, 0.717) is 29.0 Å². The van der Waals surface area contributed by atoms with E-state index in [4.69, 9.17) is 0 Å². The fraction of sp³-hybridized carbons (Fsp3) is 1.00. The zero-order valence-electron chi connectivity index (χ0n) is 9.97. The smallest absolute Gasteiger partial charge is 0.0271 e. The molecule has 6 atom stereocenters. The summed E-state index contributed by atoms with van der Waals surface area (Å²) in [5.74, 6) is 0. The molecule has 0 heterocycles. The van der Waals surface area contributed by atoms with Gasteiger partial charge in [0.15, 0.2) is 0 Å². The Balaban J connectivity index is 2.61. The Hall–Kier alpha value is 2.88. The Labute approximate surface area is 161 Å². The van der Waals surface area contributed by atoms with Gasteiger partial charge in [-0.1, -0.05) is 95.6 Å². The van der Waals surface area contributed by atoms with Crippen LogP contribution in [-0.4, -0.2) is 29.0 Å². The molecule has 6 heteroatoms. The van der Waals surface area contributed by atoms with E-state index < -0.39 is 0 Å². The predicted molar refractivity (Wildman–Crippen MR) is 104 cm³/mol. The van der Waals surface area contributed by atoms with E-state index in [1.807, 2.05) is 0 Å². The molecule has 0 aromatic rings. The summed E-state index contributed by atoms with van der Waals surface area (Å²) in [7, 11) is 0. The number of halogens is 6. The first kappa shape index (κ1) is 18.9. The molecule has 0 amide bonds. The van der Waals surface area contributed by atoms with Gasteiger partial charge < -0.3 is 0 Å². The van der Waals surface area contributed by atoms with Crippen molar-refractivity contribution in [2.45, 2.75) is 67.5 Å². The highest BCUT2D eigenvalue weighted by atomic mass is 79.9. The van der Waals surface area contributed by atoms with E-state index in [1.165, 1.54) is 38.5 Å². The molecule has 1 aliphatic rings. The fourth-order valence-corrected chi connectivity index (χ4v) is 5.21. The van der Waals surface area contributed by atoms with Gasteiger partial charge in [0, 0.05) is 29.0 Å². The monoisotopic (exact) mass is 636 g/mol. The first-order valence-electron chi connectivity index (χ1n) is 6.26. The maximum Gasteiger partial charge on any atom is 0.0271 e. The predicted octanol–water partition coefficient (Wildman–Crippen LogP) is 6.92. The Kier molecular flexibility index (Phi) is 10.3. The molecule has 0 spiro atoms. The van der Waals surface area contributed by atoms with Crippen LogP contribution in [-0.2, 0) is 0 Å². The van der Waals surface area contributed by atoms with Gasteiger partial charge in [-0.3, -0.25) is 0 Å². The highest BCUT2D eigenvalue weighted by Crippen LogP contribution is 2.34. The molecular formula is C12H18Br6. The molecule has 0 aromatic heterocycles. The lowest BCUT2D eigenvalue weighted by molar-refractivity contribution is 0.557. The summed E-state index contributed by atoms with van der Waals surface area (Å²) in [5, 5.41) is 0. The largest absolute Gasteiger partial charge is 0.0879 e. The Bertz CT molecular complexity index is 175. The molecule has 1 rings (SSSR count). The molecule has 0 bridgehead atoms. The first-order chi connectivity index (χ1) is 8.41. The van der Waals surface area contributed by atoms with E-state index in [1.54, 1.807) is 0 Å². The molecule has 1 saturated carbocycles. The number of rotatable bonds is 0. The van der Waals surface area contributed by atoms with Gasteiger partial charge in [0.05, 0.1) is 0 Å². The van der Waals surface area contributed by atoms with Crippen molar-refractivity contribution in [1.29, 1.82) is 0 Å². The van der Waals surface area contributed by atoms with Crippen LogP contribution in [0.25, 0.3) is 0 Å². The van der Waals surface area contributed by atoms with E-state index in [0.717, 1.165) is 0 Å². The number of hydrogen-bond acceptors (Lipinski definition) is 0. The van der Waals surface area contributed by atoms with Crippen LogP contribution in [0.4, 0.5) is 0 Å². The van der Waals surface area contributed by atoms with Gasteiger partial charge in [-0.25, -0.2) is 0 Å². The average molecular weight is 642 g/mol. The quantitative estimate of drug-likeness (QED) is 0.252. The third kappa shape index (κ3) is 6.76. The second kappa shape index (κ2) is 9.81. The van der Waals surface area contributed by atoms with Gasteiger partial charge in [-0.15, -0.1) is 0 Å². The maximum atomic E-state index is 3.82. The van der Waals surface area contributed by atoms with Gasteiger partial charge in [-0.05, 0) is 38.5 Å². The summed E-state index contributed by atoms with van der Waals surface area (Å²) in [6.45, 7) is 0. The Morgan fingerprint density at radius 2 is 0.444 bits per heavy atom. The summed E-state index contributed by atoms with van der Waals surface area (Å²) in [4.78, 5) is 3.36. The van der Waals surface area contributed by atoms with Crippen LogP contribution >= 0.6 is 95.6 Å². The molecule has 1 aliphatic carbocycles. The first-order valence-corrected chi connectivity index (χ1v) is 11.8. The van der Waals surface area contributed by atoms with Crippen molar-refractivity contribution in [3.05, 3.63) is 0 Å². The van der Waals surface area contributed by atoms with Crippen LogP contribution in [0.2, 0.25) is 0 Å². The molecule has 0 unspecified atom stereocenters. The van der Waals surface area contributed by atoms with Crippen molar-refractivity contribution < 1.29 is 0 Å². The Morgan fingerprint density at radius 1 is 0.333 bits per heavy atom.